The van der Waals surface area contributed by atoms with Crippen molar-refractivity contribution in [1.29, 1.82) is 0 Å². The molecule has 0 fully saturated rings. The fourth-order valence-electron chi connectivity index (χ4n) is 3.57. The van der Waals surface area contributed by atoms with Crippen molar-refractivity contribution in [3.63, 3.8) is 0 Å². The van der Waals surface area contributed by atoms with Crippen LogP contribution in [0.1, 0.15) is 11.1 Å². The maximum Gasteiger partial charge on any atom is 0.203 e. The molecule has 5 heteroatoms. The van der Waals surface area contributed by atoms with Crippen molar-refractivity contribution in [2.75, 3.05) is 21.3 Å². The lowest BCUT2D eigenvalue weighted by molar-refractivity contribution is 0.324. The van der Waals surface area contributed by atoms with Crippen LogP contribution in [-0.4, -0.2) is 26.4 Å². The highest BCUT2D eigenvalue weighted by Gasteiger charge is 2.13. The molecule has 1 N–H and O–H groups in total. The van der Waals surface area contributed by atoms with Gasteiger partial charge in [-0.15, -0.1) is 0 Å². The second-order valence-corrected chi connectivity index (χ2v) is 7.07. The van der Waals surface area contributed by atoms with Gasteiger partial charge in [-0.25, -0.2) is 0 Å². The molecule has 0 aliphatic rings. The van der Waals surface area contributed by atoms with Crippen LogP contribution >= 0.6 is 0 Å². The van der Waals surface area contributed by atoms with Gasteiger partial charge in [0.1, 0.15) is 17.1 Å². The zero-order valence-electron chi connectivity index (χ0n) is 17.7. The van der Waals surface area contributed by atoms with Crippen LogP contribution in [0.2, 0.25) is 0 Å². The number of hydrogen-bond donors (Lipinski definition) is 1. The van der Waals surface area contributed by atoms with Crippen LogP contribution in [0.25, 0.3) is 28.4 Å². The van der Waals surface area contributed by atoms with E-state index < -0.39 is 0 Å². The molecule has 31 heavy (non-hydrogen) atoms. The number of furan rings is 1. The predicted octanol–water partition coefficient (Wildman–Crippen LogP) is 6.09. The summed E-state index contributed by atoms with van der Waals surface area (Å²) in [4.78, 5) is 0. The Balaban J connectivity index is 1.58. The summed E-state index contributed by atoms with van der Waals surface area (Å²) in [6.07, 6.45) is 4.62. The van der Waals surface area contributed by atoms with Gasteiger partial charge in [-0.1, -0.05) is 42.5 Å². The van der Waals surface area contributed by atoms with Gasteiger partial charge in [0, 0.05) is 5.56 Å². The number of hydrogen-bond acceptors (Lipinski definition) is 5. The van der Waals surface area contributed by atoms with Crippen LogP contribution in [-0.2, 0) is 6.42 Å². The van der Waals surface area contributed by atoms with E-state index >= 15 is 0 Å². The van der Waals surface area contributed by atoms with Gasteiger partial charge in [-0.2, -0.15) is 0 Å². The Morgan fingerprint density at radius 1 is 0.871 bits per heavy atom. The SMILES string of the molecule is COc1cc(/C=C/Cc2cc(O)c3cc(-c4ccccc4)oc3c2)cc(OC)c1OC. The molecular weight excluding hydrogens is 392 g/mol. The Morgan fingerprint density at radius 2 is 1.58 bits per heavy atom. The number of methoxy groups -OCH3 is 3. The molecule has 1 heterocycles. The summed E-state index contributed by atoms with van der Waals surface area (Å²) in [5, 5.41) is 11.2. The summed E-state index contributed by atoms with van der Waals surface area (Å²) in [7, 11) is 4.77. The van der Waals surface area contributed by atoms with E-state index in [4.69, 9.17) is 18.6 Å². The van der Waals surface area contributed by atoms with E-state index in [1.165, 1.54) is 0 Å². The van der Waals surface area contributed by atoms with E-state index in [0.29, 0.717) is 34.6 Å². The van der Waals surface area contributed by atoms with E-state index in [2.05, 4.69) is 0 Å². The Labute approximate surface area is 181 Å². The Hall–Kier alpha value is -3.86. The molecule has 158 valence electrons. The number of ether oxygens (including phenoxy) is 3. The van der Waals surface area contributed by atoms with E-state index in [9.17, 15) is 5.11 Å². The van der Waals surface area contributed by atoms with Crippen molar-refractivity contribution in [3.8, 4) is 34.3 Å². The number of rotatable bonds is 7. The number of fused-ring (bicyclic) bond motifs is 1. The summed E-state index contributed by atoms with van der Waals surface area (Å²) in [5.74, 6) is 2.70. The zero-order chi connectivity index (χ0) is 21.8. The lowest BCUT2D eigenvalue weighted by Crippen LogP contribution is -1.95. The van der Waals surface area contributed by atoms with Crippen LogP contribution < -0.4 is 14.2 Å². The fourth-order valence-corrected chi connectivity index (χ4v) is 3.57. The largest absolute Gasteiger partial charge is 0.507 e. The first-order valence-corrected chi connectivity index (χ1v) is 9.90. The van der Waals surface area contributed by atoms with Gasteiger partial charge in [0.05, 0.1) is 26.7 Å². The molecular formula is C26H24O5. The standard InChI is InChI=1S/C26H24O5/c1-28-24-14-18(15-25(29-2)26(24)30-3)9-7-8-17-12-21(27)20-16-22(31-23(20)13-17)19-10-5-4-6-11-19/h4-7,9-16,27H,8H2,1-3H3/b9-7+. The second-order valence-electron chi connectivity index (χ2n) is 7.07. The molecule has 0 saturated carbocycles. The summed E-state index contributed by atoms with van der Waals surface area (Å²) >= 11 is 0. The average Bonchev–Trinajstić information content (AvgIpc) is 3.24. The molecule has 0 saturated heterocycles. The third-order valence-electron chi connectivity index (χ3n) is 5.08. The Morgan fingerprint density at radius 3 is 2.23 bits per heavy atom. The van der Waals surface area contributed by atoms with Crippen LogP contribution in [0.15, 0.2) is 71.2 Å². The topological polar surface area (TPSA) is 61.1 Å². The van der Waals surface area contributed by atoms with Gasteiger partial charge in [-0.05, 0) is 47.9 Å². The highest BCUT2D eigenvalue weighted by molar-refractivity contribution is 5.88. The minimum Gasteiger partial charge on any atom is -0.507 e. The molecule has 0 radical (unpaired) electrons. The van der Waals surface area contributed by atoms with Crippen molar-refractivity contribution in [2.24, 2.45) is 0 Å². The van der Waals surface area contributed by atoms with Gasteiger partial charge < -0.3 is 23.7 Å². The number of aromatic hydroxyl groups is 1. The van der Waals surface area contributed by atoms with Crippen molar-refractivity contribution in [2.45, 2.75) is 6.42 Å². The zero-order valence-corrected chi connectivity index (χ0v) is 17.7. The van der Waals surface area contributed by atoms with Crippen molar-refractivity contribution in [3.05, 3.63) is 77.9 Å². The van der Waals surface area contributed by atoms with Gasteiger partial charge in [0.25, 0.3) is 0 Å². The summed E-state index contributed by atoms with van der Waals surface area (Å²) in [5.41, 5.74) is 3.50. The van der Waals surface area contributed by atoms with Crippen LogP contribution in [0.4, 0.5) is 0 Å². The number of benzene rings is 3. The first-order chi connectivity index (χ1) is 15.1. The highest BCUT2D eigenvalue weighted by atomic mass is 16.5. The third-order valence-corrected chi connectivity index (χ3v) is 5.08. The van der Waals surface area contributed by atoms with Gasteiger partial charge in [-0.3, -0.25) is 0 Å². The molecule has 0 amide bonds. The molecule has 0 bridgehead atoms. The fraction of sp³-hybridized carbons (Fsp3) is 0.154. The molecule has 3 aromatic carbocycles. The third kappa shape index (κ3) is 4.21. The lowest BCUT2D eigenvalue weighted by Gasteiger charge is -2.12. The molecule has 0 spiro atoms. The number of allylic oxidation sites excluding steroid dienone is 1. The van der Waals surface area contributed by atoms with Crippen molar-refractivity contribution >= 4 is 17.0 Å². The molecule has 0 unspecified atom stereocenters. The first kappa shape index (κ1) is 20.4. The van der Waals surface area contributed by atoms with E-state index in [1.54, 1.807) is 27.4 Å². The lowest BCUT2D eigenvalue weighted by atomic mass is 10.1. The molecule has 1 aromatic heterocycles. The number of phenols is 1. The van der Waals surface area contributed by atoms with Gasteiger partial charge >= 0.3 is 0 Å². The summed E-state index contributed by atoms with van der Waals surface area (Å²) < 4.78 is 22.2. The summed E-state index contributed by atoms with van der Waals surface area (Å²) in [6.45, 7) is 0. The monoisotopic (exact) mass is 416 g/mol. The first-order valence-electron chi connectivity index (χ1n) is 9.90. The normalized spacial score (nSPS) is 11.2. The molecule has 4 rings (SSSR count). The van der Waals surface area contributed by atoms with Gasteiger partial charge in [0.15, 0.2) is 11.5 Å². The Bertz CT molecular complexity index is 1200. The van der Waals surface area contributed by atoms with Crippen LogP contribution in [0.3, 0.4) is 0 Å². The molecule has 5 nitrogen and oxygen atoms in total. The highest BCUT2D eigenvalue weighted by Crippen LogP contribution is 2.38. The second kappa shape index (κ2) is 8.88. The Kier molecular flexibility index (Phi) is 5.85. The summed E-state index contributed by atoms with van der Waals surface area (Å²) in [6, 6.07) is 19.2. The minimum atomic E-state index is 0.208. The molecule has 0 atom stereocenters. The van der Waals surface area contributed by atoms with Crippen LogP contribution in [0.5, 0.6) is 23.0 Å². The smallest absolute Gasteiger partial charge is 0.203 e. The van der Waals surface area contributed by atoms with Crippen molar-refractivity contribution < 1.29 is 23.7 Å². The van der Waals surface area contributed by atoms with E-state index in [-0.39, 0.29) is 5.75 Å². The van der Waals surface area contributed by atoms with Crippen LogP contribution in [0, 0.1) is 0 Å². The van der Waals surface area contributed by atoms with E-state index in [0.717, 1.165) is 22.5 Å². The quantitative estimate of drug-likeness (QED) is 0.395. The maximum atomic E-state index is 10.5. The predicted molar refractivity (Wildman–Crippen MR) is 122 cm³/mol. The van der Waals surface area contributed by atoms with Gasteiger partial charge in [0.2, 0.25) is 5.75 Å². The van der Waals surface area contributed by atoms with E-state index in [1.807, 2.05) is 66.7 Å². The van der Waals surface area contributed by atoms with Crippen molar-refractivity contribution in [1.82, 2.24) is 0 Å². The minimum absolute atomic E-state index is 0.208. The molecule has 0 aliphatic carbocycles. The maximum absolute atomic E-state index is 10.5. The number of phenolic OH excluding ortho intramolecular Hbond substituents is 1. The molecule has 4 aromatic rings. The molecule has 0 aliphatic heterocycles. The average molecular weight is 416 g/mol.